The van der Waals surface area contributed by atoms with Crippen molar-refractivity contribution in [2.75, 3.05) is 9.80 Å². The molecule has 0 aliphatic carbocycles. The second-order valence-corrected chi connectivity index (χ2v) is 35.2. The number of fused-ring (bicyclic) bond motifs is 10. The van der Waals surface area contributed by atoms with Gasteiger partial charge in [0.25, 0.3) is 6.71 Å². The largest absolute Gasteiger partial charge is 0.310 e. The van der Waals surface area contributed by atoms with Crippen molar-refractivity contribution in [3.05, 3.63) is 331 Å². The number of hydrogen-bond donors (Lipinski definition) is 0. The summed E-state index contributed by atoms with van der Waals surface area (Å²) in [5.41, 5.74) is 26.2. The molecule has 0 unspecified atom stereocenters. The molecule has 4 nitrogen and oxygen atoms in total. The Kier molecular flexibility index (Phi) is 14.1. The standard InChI is InChI=1S/C104H95BN4/c1-100(2,3)73-54-71(55-74(60-73)101(4,5)6)69-48-51-86-92(58-69)108(98-84(67-36-22-17-23-37-67)62-77(104(13,14)15)63-85(98)68-38-24-18-25-39-68)94-64-79(107-88-45-31-28-42-81(88)82-43-29-32-46-89(82)107)65-95-97(94)105(86)87-52-49-70(72-56-75(102(7,8)9)61-76(57-72)103(10,11)12)59-93(87)109(95)99-80(66-34-20-16-21-35-66)50-53-91-96(99)83-44-30-33-47-90(83)106(91)78-40-26-19-27-41-78/h16-65H,1-15H3/i28D,29D,31D,32D,42D,43D,45D,46D. The number of hydrogen-bond acceptors (Lipinski definition) is 2. The average Bonchev–Trinajstić information content (AvgIpc) is 1.64. The first-order valence-electron chi connectivity index (χ1n) is 42.4. The third-order valence-corrected chi connectivity index (χ3v) is 22.8. The number of benzene rings is 14. The predicted octanol–water partition coefficient (Wildman–Crippen LogP) is 26.8. The topological polar surface area (TPSA) is 16.3 Å². The van der Waals surface area contributed by atoms with E-state index in [0.29, 0.717) is 5.69 Å². The lowest BCUT2D eigenvalue weighted by atomic mass is 9.33. The minimum Gasteiger partial charge on any atom is -0.310 e. The molecule has 0 bridgehead atoms. The zero-order valence-corrected chi connectivity index (χ0v) is 65.1. The van der Waals surface area contributed by atoms with E-state index in [1.165, 1.54) is 22.3 Å². The fraction of sp³-hybridized carbons (Fsp3) is 0.192. The van der Waals surface area contributed by atoms with Crippen molar-refractivity contribution in [3.63, 3.8) is 0 Å². The summed E-state index contributed by atoms with van der Waals surface area (Å²) in [5.74, 6) is 0. The highest BCUT2D eigenvalue weighted by Gasteiger charge is 2.47. The summed E-state index contributed by atoms with van der Waals surface area (Å²) in [6.45, 7) is 33.7. The lowest BCUT2D eigenvalue weighted by Gasteiger charge is -2.46. The summed E-state index contributed by atoms with van der Waals surface area (Å²) < 4.78 is 82.8. The molecule has 0 N–H and O–H groups in total. The number of para-hydroxylation sites is 4. The minimum atomic E-state index is -0.534. The van der Waals surface area contributed by atoms with Crippen LogP contribution in [0.4, 0.5) is 34.1 Å². The van der Waals surface area contributed by atoms with E-state index in [0.717, 1.165) is 139 Å². The van der Waals surface area contributed by atoms with Crippen molar-refractivity contribution in [1.29, 1.82) is 0 Å². The van der Waals surface area contributed by atoms with E-state index >= 15 is 0 Å². The smallest absolute Gasteiger partial charge is 0.252 e. The quantitative estimate of drug-likeness (QED) is 0.134. The fourth-order valence-electron chi connectivity index (χ4n) is 16.9. The van der Waals surface area contributed by atoms with Gasteiger partial charge in [0.1, 0.15) is 0 Å². The minimum absolute atomic E-state index is 0.00879. The molecular formula is C104H95BN4. The van der Waals surface area contributed by atoms with Gasteiger partial charge in [-0.3, -0.25) is 0 Å². The van der Waals surface area contributed by atoms with Crippen LogP contribution in [-0.4, -0.2) is 15.8 Å². The average molecular weight is 1420 g/mol. The molecular weight excluding hydrogens is 1320 g/mol. The molecule has 2 aromatic heterocycles. The second kappa shape index (κ2) is 25.5. The van der Waals surface area contributed by atoms with Crippen LogP contribution in [0.5, 0.6) is 0 Å². The maximum Gasteiger partial charge on any atom is 0.252 e. The number of rotatable bonds is 9. The molecule has 4 heterocycles. The zero-order valence-electron chi connectivity index (χ0n) is 73.1. The van der Waals surface area contributed by atoms with E-state index in [1.54, 1.807) is 4.57 Å². The predicted molar refractivity (Wildman–Crippen MR) is 470 cm³/mol. The molecule has 0 atom stereocenters. The first kappa shape index (κ1) is 60.4. The Bertz CT molecular complexity index is 6610. The summed E-state index contributed by atoms with van der Waals surface area (Å²) in [6.07, 6.45) is 0. The molecule has 0 saturated carbocycles. The molecule has 0 fully saturated rings. The summed E-state index contributed by atoms with van der Waals surface area (Å²) in [6, 6.07) is 89.8. The van der Waals surface area contributed by atoms with E-state index in [-0.39, 0.29) is 61.0 Å². The van der Waals surface area contributed by atoms with Gasteiger partial charge in [-0.1, -0.05) is 334 Å². The van der Waals surface area contributed by atoms with Gasteiger partial charge in [0.15, 0.2) is 0 Å². The van der Waals surface area contributed by atoms with Crippen LogP contribution in [-0.2, 0) is 27.1 Å². The first-order valence-corrected chi connectivity index (χ1v) is 38.4. The Hall–Kier alpha value is -11.7. The molecule has 109 heavy (non-hydrogen) atoms. The highest BCUT2D eigenvalue weighted by molar-refractivity contribution is 7.00. The Morgan fingerprint density at radius 2 is 0.651 bits per heavy atom. The zero-order chi connectivity index (χ0) is 82.3. The van der Waals surface area contributed by atoms with Crippen LogP contribution in [0.2, 0.25) is 0 Å². The van der Waals surface area contributed by atoms with Gasteiger partial charge in [-0.15, -0.1) is 0 Å². The maximum absolute atomic E-state index is 10.3. The lowest BCUT2D eigenvalue weighted by molar-refractivity contribution is 0.568. The molecule has 14 aromatic carbocycles. The van der Waals surface area contributed by atoms with Crippen LogP contribution >= 0.6 is 0 Å². The monoisotopic (exact) mass is 1420 g/mol. The molecule has 534 valence electrons. The Morgan fingerprint density at radius 1 is 0.266 bits per heavy atom. The van der Waals surface area contributed by atoms with Crippen molar-refractivity contribution in [2.45, 2.75) is 131 Å². The molecule has 2 aliphatic rings. The van der Waals surface area contributed by atoms with Gasteiger partial charge < -0.3 is 18.9 Å². The summed E-state index contributed by atoms with van der Waals surface area (Å²) in [7, 11) is 0. The third-order valence-electron chi connectivity index (χ3n) is 22.8. The van der Waals surface area contributed by atoms with Crippen LogP contribution in [0.1, 0.15) is 143 Å². The van der Waals surface area contributed by atoms with Gasteiger partial charge in [-0.25, -0.2) is 0 Å². The molecule has 0 radical (unpaired) electrons. The molecule has 0 saturated heterocycles. The van der Waals surface area contributed by atoms with Crippen LogP contribution in [0.3, 0.4) is 0 Å². The van der Waals surface area contributed by atoms with E-state index in [9.17, 15) is 11.0 Å². The highest BCUT2D eigenvalue weighted by Crippen LogP contribution is 2.56. The lowest BCUT2D eigenvalue weighted by Crippen LogP contribution is -2.61. The second-order valence-electron chi connectivity index (χ2n) is 35.2. The SMILES string of the molecule is [2H]c1c([2H])c([2H])c2c(c1[2H])c1c([2H])c([2H])c([2H])c([2H])c1n2-c1cc2c3c(c1)N(c1c(-c4ccccc4)ccc4c1c1ccccc1n4-c1ccccc1)c1cc(-c4cc(C(C)(C)C)cc(C(C)(C)C)c4)ccc1B3c1ccc(-c3cc(C(C)(C)C)cc(C(C)(C)C)c3)cc1N2c1c(-c2ccccc2)cc(C(C)(C)C)cc1-c1ccccc1. The highest BCUT2D eigenvalue weighted by atomic mass is 15.2. The maximum atomic E-state index is 10.3. The number of aromatic nitrogens is 2. The van der Waals surface area contributed by atoms with E-state index in [4.69, 9.17) is 0 Å². The summed E-state index contributed by atoms with van der Waals surface area (Å²) >= 11 is 0. The van der Waals surface area contributed by atoms with Crippen molar-refractivity contribution in [1.82, 2.24) is 9.13 Å². The van der Waals surface area contributed by atoms with Crippen molar-refractivity contribution in [3.8, 4) is 67.0 Å². The molecule has 18 rings (SSSR count). The van der Waals surface area contributed by atoms with Gasteiger partial charge in [0.05, 0.1) is 50.1 Å². The summed E-state index contributed by atoms with van der Waals surface area (Å²) in [4.78, 5) is 5.00. The Balaban J connectivity index is 1.11. The van der Waals surface area contributed by atoms with Gasteiger partial charge in [0, 0.05) is 66.7 Å². The molecule has 16 aromatic rings. The van der Waals surface area contributed by atoms with E-state index in [2.05, 4.69) is 373 Å². The molecule has 5 heteroatoms. The Morgan fingerprint density at radius 3 is 1.10 bits per heavy atom. The van der Waals surface area contributed by atoms with Gasteiger partial charge in [-0.2, -0.15) is 0 Å². The van der Waals surface area contributed by atoms with Crippen molar-refractivity contribution >= 4 is 101 Å². The number of anilines is 6. The first-order chi connectivity index (χ1) is 55.6. The van der Waals surface area contributed by atoms with Crippen molar-refractivity contribution in [2.24, 2.45) is 0 Å². The normalized spacial score (nSPS) is 14.2. The third kappa shape index (κ3) is 11.7. The molecule has 2 aliphatic heterocycles. The van der Waals surface area contributed by atoms with E-state index < -0.39 is 43.0 Å². The van der Waals surface area contributed by atoms with Crippen molar-refractivity contribution < 1.29 is 11.0 Å². The van der Waals surface area contributed by atoms with Crippen LogP contribution in [0, 0.1) is 0 Å². The fourth-order valence-corrected chi connectivity index (χ4v) is 16.9. The molecule has 0 spiro atoms. The van der Waals surface area contributed by atoms with Crippen LogP contribution in [0.25, 0.3) is 111 Å². The van der Waals surface area contributed by atoms with E-state index in [1.807, 2.05) is 0 Å². The van der Waals surface area contributed by atoms with Crippen LogP contribution in [0.15, 0.2) is 303 Å². The molecule has 0 amide bonds. The number of nitrogens with zero attached hydrogens (tertiary/aromatic N) is 4. The van der Waals surface area contributed by atoms with Gasteiger partial charge in [-0.05, 0) is 183 Å². The van der Waals surface area contributed by atoms with Gasteiger partial charge >= 0.3 is 0 Å². The Labute approximate surface area is 655 Å². The summed E-state index contributed by atoms with van der Waals surface area (Å²) in [5, 5.41) is 1.98. The van der Waals surface area contributed by atoms with Crippen LogP contribution < -0.4 is 26.2 Å². The van der Waals surface area contributed by atoms with Gasteiger partial charge in [0.2, 0.25) is 0 Å².